The lowest BCUT2D eigenvalue weighted by atomic mass is 10.1. The molecule has 6 nitrogen and oxygen atoms in total. The van der Waals surface area contributed by atoms with Crippen LogP contribution >= 0.6 is 0 Å². The number of allylic oxidation sites excluding steroid dienone is 10. The summed E-state index contributed by atoms with van der Waals surface area (Å²) in [5.74, 6) is -0.939. The lowest BCUT2D eigenvalue weighted by molar-refractivity contribution is -0.167. The molecule has 0 fully saturated rings. The van der Waals surface area contributed by atoms with E-state index >= 15 is 0 Å². The van der Waals surface area contributed by atoms with E-state index < -0.39 is 6.10 Å². The van der Waals surface area contributed by atoms with Crippen LogP contribution in [0.4, 0.5) is 0 Å². The van der Waals surface area contributed by atoms with Gasteiger partial charge in [0.1, 0.15) is 13.2 Å². The van der Waals surface area contributed by atoms with Crippen molar-refractivity contribution in [3.8, 4) is 0 Å². The molecule has 0 amide bonds. The molecular weight excluding hydrogens is 709 g/mol. The normalized spacial score (nSPS) is 12.5. The molecule has 0 aromatic carbocycles. The highest BCUT2D eigenvalue weighted by Gasteiger charge is 2.19. The molecule has 0 N–H and O–H groups in total. The molecule has 0 heterocycles. The third-order valence-electron chi connectivity index (χ3n) is 10.0. The number of carbonyl (C=O) groups excluding carboxylic acids is 3. The number of hydrogen-bond acceptors (Lipinski definition) is 6. The summed E-state index contributed by atoms with van der Waals surface area (Å²) in [6, 6.07) is 0. The molecule has 0 aliphatic heterocycles. The van der Waals surface area contributed by atoms with Gasteiger partial charge in [-0.15, -0.1) is 0 Å². The van der Waals surface area contributed by atoms with E-state index in [0.717, 1.165) is 103 Å². The van der Waals surface area contributed by atoms with E-state index in [1.165, 1.54) is 83.5 Å². The summed E-state index contributed by atoms with van der Waals surface area (Å²) < 4.78 is 16.7. The molecular formula is C51H88O6. The van der Waals surface area contributed by atoms with Gasteiger partial charge in [0.05, 0.1) is 0 Å². The van der Waals surface area contributed by atoms with Gasteiger partial charge in [0, 0.05) is 19.3 Å². The van der Waals surface area contributed by atoms with Crippen molar-refractivity contribution in [1.29, 1.82) is 0 Å². The van der Waals surface area contributed by atoms with Gasteiger partial charge in [-0.05, 0) is 89.9 Å². The first-order valence-corrected chi connectivity index (χ1v) is 23.8. The second kappa shape index (κ2) is 45.8. The van der Waals surface area contributed by atoms with Gasteiger partial charge in [-0.3, -0.25) is 14.4 Å². The molecule has 1 atom stereocenters. The zero-order valence-electron chi connectivity index (χ0n) is 37.3. The van der Waals surface area contributed by atoms with Crippen molar-refractivity contribution in [3.05, 3.63) is 60.8 Å². The summed E-state index contributed by atoms with van der Waals surface area (Å²) in [5.41, 5.74) is 0. The topological polar surface area (TPSA) is 78.9 Å². The number of ether oxygens (including phenoxy) is 3. The van der Waals surface area contributed by atoms with Gasteiger partial charge in [0.2, 0.25) is 0 Å². The second-order valence-electron chi connectivity index (χ2n) is 15.7. The van der Waals surface area contributed by atoms with Crippen LogP contribution in [-0.4, -0.2) is 37.2 Å². The monoisotopic (exact) mass is 797 g/mol. The smallest absolute Gasteiger partial charge is 0.306 e. The van der Waals surface area contributed by atoms with Gasteiger partial charge in [-0.1, -0.05) is 178 Å². The van der Waals surface area contributed by atoms with Crippen LogP contribution in [0.3, 0.4) is 0 Å². The molecule has 0 saturated heterocycles. The van der Waals surface area contributed by atoms with E-state index in [2.05, 4.69) is 81.5 Å². The summed E-state index contributed by atoms with van der Waals surface area (Å²) in [5, 5.41) is 0. The Balaban J connectivity index is 4.44. The van der Waals surface area contributed by atoms with Crippen LogP contribution in [0.15, 0.2) is 60.8 Å². The largest absolute Gasteiger partial charge is 0.462 e. The lowest BCUT2D eigenvalue weighted by Crippen LogP contribution is -2.30. The molecule has 57 heavy (non-hydrogen) atoms. The van der Waals surface area contributed by atoms with Gasteiger partial charge in [0.25, 0.3) is 0 Å². The van der Waals surface area contributed by atoms with Crippen molar-refractivity contribution in [3.63, 3.8) is 0 Å². The Bertz CT molecular complexity index is 1050. The minimum absolute atomic E-state index is 0.0920. The predicted octanol–water partition coefficient (Wildman–Crippen LogP) is 15.3. The average Bonchev–Trinajstić information content (AvgIpc) is 3.21. The van der Waals surface area contributed by atoms with Crippen molar-refractivity contribution >= 4 is 17.9 Å². The fourth-order valence-corrected chi connectivity index (χ4v) is 6.43. The summed E-state index contributed by atoms with van der Waals surface area (Å²) in [4.78, 5) is 37.8. The zero-order valence-corrected chi connectivity index (χ0v) is 37.3. The molecule has 0 aliphatic carbocycles. The van der Waals surface area contributed by atoms with E-state index in [1.54, 1.807) is 0 Å². The van der Waals surface area contributed by atoms with Crippen LogP contribution in [0.5, 0.6) is 0 Å². The highest BCUT2D eigenvalue weighted by atomic mass is 16.6. The van der Waals surface area contributed by atoms with Gasteiger partial charge in [-0.2, -0.15) is 0 Å². The Labute approximate surface area is 351 Å². The number of hydrogen-bond donors (Lipinski definition) is 0. The summed E-state index contributed by atoms with van der Waals surface area (Å²) in [7, 11) is 0. The summed E-state index contributed by atoms with van der Waals surface area (Å²) >= 11 is 0. The molecule has 0 rings (SSSR count). The Kier molecular flexibility index (Phi) is 43.5. The van der Waals surface area contributed by atoms with Crippen molar-refractivity contribution in [2.45, 2.75) is 232 Å². The first kappa shape index (κ1) is 54.1. The van der Waals surface area contributed by atoms with Crippen molar-refractivity contribution < 1.29 is 28.6 Å². The minimum Gasteiger partial charge on any atom is -0.462 e. The zero-order chi connectivity index (χ0) is 41.5. The maximum atomic E-state index is 12.7. The van der Waals surface area contributed by atoms with E-state index in [9.17, 15) is 14.4 Å². The van der Waals surface area contributed by atoms with E-state index in [0.29, 0.717) is 19.3 Å². The van der Waals surface area contributed by atoms with Crippen LogP contribution in [0.25, 0.3) is 0 Å². The summed E-state index contributed by atoms with van der Waals surface area (Å²) in [6.45, 7) is 6.43. The van der Waals surface area contributed by atoms with Crippen molar-refractivity contribution in [2.24, 2.45) is 0 Å². The molecule has 0 spiro atoms. The fraction of sp³-hybridized carbons (Fsp3) is 0.745. The van der Waals surface area contributed by atoms with E-state index in [4.69, 9.17) is 14.2 Å². The first-order chi connectivity index (χ1) is 28.0. The van der Waals surface area contributed by atoms with E-state index in [1.807, 2.05) is 0 Å². The highest BCUT2D eigenvalue weighted by molar-refractivity contribution is 5.71. The minimum atomic E-state index is -0.791. The Morgan fingerprint density at radius 2 is 0.702 bits per heavy atom. The quantitative estimate of drug-likeness (QED) is 0.0201. The fourth-order valence-electron chi connectivity index (χ4n) is 6.43. The predicted molar refractivity (Wildman–Crippen MR) is 242 cm³/mol. The number of esters is 3. The third kappa shape index (κ3) is 44.1. The Hall–Kier alpha value is -2.89. The molecule has 6 heteroatoms. The van der Waals surface area contributed by atoms with Gasteiger partial charge < -0.3 is 14.2 Å². The molecule has 328 valence electrons. The van der Waals surface area contributed by atoms with Gasteiger partial charge >= 0.3 is 17.9 Å². The highest BCUT2D eigenvalue weighted by Crippen LogP contribution is 2.13. The van der Waals surface area contributed by atoms with Crippen molar-refractivity contribution in [1.82, 2.24) is 0 Å². The number of unbranched alkanes of at least 4 members (excludes halogenated alkanes) is 23. The van der Waals surface area contributed by atoms with E-state index in [-0.39, 0.29) is 31.1 Å². The number of carbonyl (C=O) groups is 3. The first-order valence-electron chi connectivity index (χ1n) is 23.8. The standard InChI is InChI=1S/C51H88O6/c1-4-7-10-13-16-19-22-25-27-29-32-35-38-41-44-50(53)56-47-48(46-55-49(52)43-40-37-34-31-28-24-21-18-15-12-9-6-3)57-51(54)45-42-39-36-33-30-26-23-20-17-14-11-8-5-2/h8,11,14,17-18,20-21,23,27,29,48H,4-7,9-10,12-13,15-16,19,22,24-26,28,30-47H2,1-3H3/b11-8-,17-14-,21-18-,23-20-,29-27-. The third-order valence-corrected chi connectivity index (χ3v) is 10.0. The Morgan fingerprint density at radius 3 is 1.16 bits per heavy atom. The van der Waals surface area contributed by atoms with Gasteiger partial charge in [-0.25, -0.2) is 0 Å². The van der Waals surface area contributed by atoms with Crippen LogP contribution < -0.4 is 0 Å². The molecule has 0 radical (unpaired) electrons. The average molecular weight is 797 g/mol. The van der Waals surface area contributed by atoms with Crippen molar-refractivity contribution in [2.75, 3.05) is 13.2 Å². The Morgan fingerprint density at radius 1 is 0.368 bits per heavy atom. The van der Waals surface area contributed by atoms with Crippen LogP contribution in [0.1, 0.15) is 226 Å². The van der Waals surface area contributed by atoms with Crippen LogP contribution in [0, 0.1) is 0 Å². The maximum Gasteiger partial charge on any atom is 0.306 e. The van der Waals surface area contributed by atoms with Crippen LogP contribution in [-0.2, 0) is 28.6 Å². The molecule has 1 unspecified atom stereocenters. The lowest BCUT2D eigenvalue weighted by Gasteiger charge is -2.18. The maximum absolute atomic E-state index is 12.7. The molecule has 0 bridgehead atoms. The van der Waals surface area contributed by atoms with Gasteiger partial charge in [0.15, 0.2) is 6.10 Å². The molecule has 0 aromatic heterocycles. The summed E-state index contributed by atoms with van der Waals surface area (Å²) in [6.07, 6.45) is 54.9. The van der Waals surface area contributed by atoms with Crippen LogP contribution in [0.2, 0.25) is 0 Å². The molecule has 0 aliphatic rings. The SMILES string of the molecule is CC\C=C/C=C\C=C/CCCCCCCC(=O)OC(COC(=O)CCCCC/C=C\CCCCCCCCC)COC(=O)CCCCCCC/C=C\CCCCC. The molecule has 0 saturated carbocycles. The second-order valence-corrected chi connectivity index (χ2v) is 15.7. The molecule has 0 aromatic rings. The number of rotatable bonds is 42.